The summed E-state index contributed by atoms with van der Waals surface area (Å²) < 4.78 is 23.0. The maximum atomic E-state index is 12.1. The number of nitrogens with one attached hydrogen (secondary N) is 2. The predicted octanol–water partition coefficient (Wildman–Crippen LogP) is 0.236. The summed E-state index contributed by atoms with van der Waals surface area (Å²) in [6.45, 7) is 4.51. The topological polar surface area (TPSA) is 130 Å². The summed E-state index contributed by atoms with van der Waals surface area (Å²) in [6.07, 6.45) is 2.67. The highest BCUT2D eigenvalue weighted by Gasteiger charge is 2.35. The van der Waals surface area contributed by atoms with Gasteiger partial charge in [0, 0.05) is 38.5 Å². The van der Waals surface area contributed by atoms with Crippen molar-refractivity contribution in [1.29, 1.82) is 0 Å². The normalized spacial score (nSPS) is 16.6. The van der Waals surface area contributed by atoms with Gasteiger partial charge in [-0.3, -0.25) is 0 Å². The number of nitrogens with zero attached hydrogens (tertiary/aromatic N) is 3. The first-order chi connectivity index (χ1) is 11.5. The van der Waals surface area contributed by atoms with Crippen molar-refractivity contribution in [1.82, 2.24) is 20.6 Å². The smallest absolute Gasteiger partial charge is 0.314 e. The van der Waals surface area contributed by atoms with E-state index >= 15 is 0 Å². The number of carbonyl (C=O) groups excluding carboxylic acids is 1. The third kappa shape index (κ3) is 4.30. The lowest BCUT2D eigenvalue weighted by molar-refractivity contribution is 0.236. The van der Waals surface area contributed by atoms with Gasteiger partial charge in [-0.2, -0.15) is 4.98 Å². The van der Waals surface area contributed by atoms with Crippen LogP contribution in [0, 0.1) is 0 Å². The van der Waals surface area contributed by atoms with Gasteiger partial charge in [0.2, 0.25) is 5.95 Å². The number of hydrogen-bond acceptors (Lipinski definition) is 7. The Morgan fingerprint density at radius 2 is 1.92 bits per heavy atom. The molecule has 1 fully saturated rings. The van der Waals surface area contributed by atoms with E-state index in [0.29, 0.717) is 24.7 Å². The molecule has 0 radical (unpaired) electrons. The molecule has 4 N–H and O–H groups in total. The molecular weight excluding hydrogens is 344 g/mol. The monoisotopic (exact) mass is 370 g/mol. The number of piperidine rings is 1. The largest absolute Gasteiger partial charge is 0.384 e. The second-order valence-electron chi connectivity index (χ2n) is 6.75. The minimum Gasteiger partial charge on any atom is -0.384 e. The van der Waals surface area contributed by atoms with Crippen molar-refractivity contribution < 1.29 is 13.2 Å². The number of anilines is 2. The molecule has 0 aliphatic carbocycles. The van der Waals surface area contributed by atoms with E-state index in [1.54, 1.807) is 20.9 Å². The Morgan fingerprint density at radius 3 is 2.44 bits per heavy atom. The standard InChI is InChI=1S/C15H26N6O3S/c1-15(2,25(4,23)24)11-9-12(16)20-13(19-11)21-7-5-10(6-8-21)18-14(22)17-3/h9-10H,5-8H2,1-4H3,(H2,16,19,20)(H2,17,18,22). The first kappa shape index (κ1) is 19.2. The van der Waals surface area contributed by atoms with Crippen LogP contribution < -0.4 is 21.3 Å². The molecule has 0 saturated carbocycles. The maximum Gasteiger partial charge on any atom is 0.314 e. The highest BCUT2D eigenvalue weighted by atomic mass is 32.2. The Kier molecular flexibility index (Phi) is 5.40. The number of carbonyl (C=O) groups is 1. The number of rotatable bonds is 4. The van der Waals surface area contributed by atoms with Gasteiger partial charge in [0.1, 0.15) is 10.6 Å². The lowest BCUT2D eigenvalue weighted by atomic mass is 10.1. The number of hydrogen-bond donors (Lipinski definition) is 3. The number of urea groups is 1. The summed E-state index contributed by atoms with van der Waals surface area (Å²) in [4.78, 5) is 22.1. The lowest BCUT2D eigenvalue weighted by Crippen LogP contribution is -2.47. The van der Waals surface area contributed by atoms with Crippen molar-refractivity contribution in [3.05, 3.63) is 11.8 Å². The van der Waals surface area contributed by atoms with Gasteiger partial charge in [0.25, 0.3) is 0 Å². The van der Waals surface area contributed by atoms with Gasteiger partial charge < -0.3 is 21.3 Å². The van der Waals surface area contributed by atoms with Crippen LogP contribution in [0.2, 0.25) is 0 Å². The van der Waals surface area contributed by atoms with Crippen molar-refractivity contribution in [2.45, 2.75) is 37.5 Å². The molecule has 10 heteroatoms. The highest BCUT2D eigenvalue weighted by Crippen LogP contribution is 2.30. The summed E-state index contributed by atoms with van der Waals surface area (Å²) in [7, 11) is -1.78. The predicted molar refractivity (Wildman–Crippen MR) is 97.1 cm³/mol. The summed E-state index contributed by atoms with van der Waals surface area (Å²) in [5.41, 5.74) is 6.26. The minimum atomic E-state index is -3.36. The molecule has 0 aromatic carbocycles. The first-order valence-corrected chi connectivity index (χ1v) is 10.0. The van der Waals surface area contributed by atoms with E-state index in [9.17, 15) is 13.2 Å². The van der Waals surface area contributed by atoms with E-state index in [1.165, 1.54) is 12.3 Å². The van der Waals surface area contributed by atoms with Gasteiger partial charge in [-0.25, -0.2) is 18.2 Å². The molecule has 140 valence electrons. The Morgan fingerprint density at radius 1 is 1.32 bits per heavy atom. The van der Waals surface area contributed by atoms with Crippen LogP contribution in [0.25, 0.3) is 0 Å². The molecule has 1 aliphatic rings. The van der Waals surface area contributed by atoms with Crippen LogP contribution in [0.3, 0.4) is 0 Å². The average molecular weight is 370 g/mol. The zero-order chi connectivity index (χ0) is 18.8. The quantitative estimate of drug-likeness (QED) is 0.692. The van der Waals surface area contributed by atoms with Crippen molar-refractivity contribution >= 4 is 27.6 Å². The van der Waals surface area contributed by atoms with Crippen molar-refractivity contribution in [2.24, 2.45) is 0 Å². The number of amides is 2. The molecule has 0 spiro atoms. The van der Waals surface area contributed by atoms with E-state index < -0.39 is 14.6 Å². The fraction of sp³-hybridized carbons (Fsp3) is 0.667. The van der Waals surface area contributed by atoms with Gasteiger partial charge in [0.15, 0.2) is 9.84 Å². The Hall–Kier alpha value is -2.10. The third-order valence-corrected chi connectivity index (χ3v) is 6.68. The zero-order valence-corrected chi connectivity index (χ0v) is 15.9. The molecule has 2 heterocycles. The second-order valence-corrected chi connectivity index (χ2v) is 9.31. The molecule has 9 nitrogen and oxygen atoms in total. The average Bonchev–Trinajstić information content (AvgIpc) is 2.53. The number of nitrogens with two attached hydrogens (primary N) is 1. The van der Waals surface area contributed by atoms with E-state index in [4.69, 9.17) is 5.73 Å². The van der Waals surface area contributed by atoms with E-state index in [-0.39, 0.29) is 17.9 Å². The van der Waals surface area contributed by atoms with Crippen LogP contribution >= 0.6 is 0 Å². The van der Waals surface area contributed by atoms with Crippen LogP contribution in [0.1, 0.15) is 32.4 Å². The number of aromatic nitrogens is 2. The summed E-state index contributed by atoms with van der Waals surface area (Å²) in [5.74, 6) is 0.660. The summed E-state index contributed by atoms with van der Waals surface area (Å²) >= 11 is 0. The molecule has 25 heavy (non-hydrogen) atoms. The molecular formula is C15H26N6O3S. The molecule has 1 aliphatic heterocycles. The number of sulfone groups is 1. The molecule has 0 atom stereocenters. The Bertz CT molecular complexity index is 742. The molecule has 2 amide bonds. The highest BCUT2D eigenvalue weighted by molar-refractivity contribution is 7.91. The lowest BCUT2D eigenvalue weighted by Gasteiger charge is -2.33. The molecule has 2 rings (SSSR count). The Balaban J connectivity index is 2.18. The van der Waals surface area contributed by atoms with Crippen molar-refractivity contribution in [3.8, 4) is 0 Å². The van der Waals surface area contributed by atoms with E-state index in [0.717, 1.165) is 12.8 Å². The summed E-state index contributed by atoms with van der Waals surface area (Å²) in [5, 5.41) is 5.42. The van der Waals surface area contributed by atoms with Gasteiger partial charge in [-0.1, -0.05) is 0 Å². The molecule has 1 aromatic rings. The second kappa shape index (κ2) is 7.03. The minimum absolute atomic E-state index is 0.0872. The molecule has 0 unspecified atom stereocenters. The zero-order valence-electron chi connectivity index (χ0n) is 15.0. The van der Waals surface area contributed by atoms with Gasteiger partial charge in [-0.15, -0.1) is 0 Å². The fourth-order valence-corrected chi connectivity index (χ4v) is 3.06. The first-order valence-electron chi connectivity index (χ1n) is 8.12. The van der Waals surface area contributed by atoms with Crippen LogP contribution in [0.4, 0.5) is 16.6 Å². The van der Waals surface area contributed by atoms with E-state index in [1.807, 2.05) is 4.90 Å². The van der Waals surface area contributed by atoms with Crippen molar-refractivity contribution in [3.63, 3.8) is 0 Å². The third-order valence-electron chi connectivity index (χ3n) is 4.62. The fourth-order valence-electron chi connectivity index (χ4n) is 2.57. The van der Waals surface area contributed by atoms with Crippen LogP contribution in [-0.4, -0.2) is 56.9 Å². The molecule has 1 saturated heterocycles. The SMILES string of the molecule is CNC(=O)NC1CCN(c2nc(N)cc(C(C)(C)S(C)(=O)=O)n2)CC1. The van der Waals surface area contributed by atoms with Crippen LogP contribution in [-0.2, 0) is 14.6 Å². The van der Waals surface area contributed by atoms with Gasteiger partial charge in [-0.05, 0) is 26.7 Å². The molecule has 0 bridgehead atoms. The van der Waals surface area contributed by atoms with Gasteiger partial charge in [0.05, 0.1) is 5.69 Å². The van der Waals surface area contributed by atoms with Gasteiger partial charge >= 0.3 is 6.03 Å². The molecule has 1 aromatic heterocycles. The van der Waals surface area contributed by atoms with Crippen LogP contribution in [0.5, 0.6) is 0 Å². The number of nitrogen functional groups attached to an aromatic ring is 1. The maximum absolute atomic E-state index is 12.1. The van der Waals surface area contributed by atoms with E-state index in [2.05, 4.69) is 20.6 Å². The van der Waals surface area contributed by atoms with Crippen LogP contribution in [0.15, 0.2) is 6.07 Å². The Labute approximate surface area is 148 Å². The summed E-state index contributed by atoms with van der Waals surface area (Å²) in [6, 6.07) is 1.39. The van der Waals surface area contributed by atoms with Crippen molar-refractivity contribution in [2.75, 3.05) is 37.0 Å².